The van der Waals surface area contributed by atoms with Crippen molar-refractivity contribution in [1.82, 2.24) is 14.5 Å². The number of benzene rings is 1. The Labute approximate surface area is 157 Å². The Balaban J connectivity index is 1.97. The molecule has 1 aromatic carbocycles. The number of aryl methyl sites for hydroxylation is 1. The van der Waals surface area contributed by atoms with Crippen molar-refractivity contribution in [2.75, 3.05) is 0 Å². The van der Waals surface area contributed by atoms with Crippen molar-refractivity contribution in [1.29, 1.82) is 0 Å². The first-order valence-corrected chi connectivity index (χ1v) is 8.73. The molecule has 3 rings (SSSR count). The number of aromatic nitrogens is 2. The fourth-order valence-corrected chi connectivity index (χ4v) is 3.08. The van der Waals surface area contributed by atoms with Crippen LogP contribution in [0.3, 0.4) is 0 Å². The molecule has 0 bridgehead atoms. The van der Waals surface area contributed by atoms with E-state index in [1.165, 1.54) is 15.5 Å². The van der Waals surface area contributed by atoms with E-state index in [-0.39, 0.29) is 5.56 Å². The zero-order valence-corrected chi connectivity index (χ0v) is 15.9. The Morgan fingerprint density at radius 1 is 1.11 bits per heavy atom. The monoisotopic (exact) mass is 365 g/mol. The Bertz CT molecular complexity index is 1050. The van der Waals surface area contributed by atoms with E-state index in [4.69, 9.17) is 0 Å². The van der Waals surface area contributed by atoms with Crippen LogP contribution in [0.15, 0.2) is 53.5 Å². The zero-order chi connectivity index (χ0) is 19.8. The molecule has 0 aliphatic heterocycles. The normalized spacial score (nSPS) is 11.6. The van der Waals surface area contributed by atoms with Crippen LogP contribution in [0.5, 0.6) is 0 Å². The van der Waals surface area contributed by atoms with Gasteiger partial charge in [0.1, 0.15) is 5.65 Å². The average molecular weight is 365 g/mol. The average Bonchev–Trinajstić information content (AvgIpc) is 2.62. The second-order valence-corrected chi connectivity index (χ2v) is 7.56. The Morgan fingerprint density at radius 2 is 1.78 bits per heavy atom. The molecule has 140 valence electrons. The molecule has 2 heterocycles. The molecule has 3 aromatic rings. The van der Waals surface area contributed by atoms with Crippen LogP contribution in [-0.2, 0) is 13.6 Å². The molecule has 0 aliphatic carbocycles. The SMILES string of the molecule is Cn1c(=O)ccc2c(-c3ccc(CN(C(=O)O)C(C)(C)C)cc3)ccnc21. The first-order chi connectivity index (χ1) is 12.7. The van der Waals surface area contributed by atoms with Crippen molar-refractivity contribution < 1.29 is 9.90 Å². The van der Waals surface area contributed by atoms with Gasteiger partial charge in [0.2, 0.25) is 0 Å². The molecule has 0 saturated heterocycles. The van der Waals surface area contributed by atoms with Gasteiger partial charge in [-0.2, -0.15) is 0 Å². The Morgan fingerprint density at radius 3 is 2.37 bits per heavy atom. The number of amides is 1. The maximum absolute atomic E-state index is 11.8. The molecule has 0 spiro atoms. The van der Waals surface area contributed by atoms with Crippen molar-refractivity contribution in [2.45, 2.75) is 32.9 Å². The highest BCUT2D eigenvalue weighted by Crippen LogP contribution is 2.27. The van der Waals surface area contributed by atoms with Gasteiger partial charge in [0.25, 0.3) is 5.56 Å². The molecule has 1 N–H and O–H groups in total. The summed E-state index contributed by atoms with van der Waals surface area (Å²) in [4.78, 5) is 29.1. The minimum atomic E-state index is -0.937. The van der Waals surface area contributed by atoms with Gasteiger partial charge in [0.05, 0.1) is 0 Å². The number of hydrogen-bond acceptors (Lipinski definition) is 3. The molecule has 0 atom stereocenters. The minimum Gasteiger partial charge on any atom is -0.465 e. The predicted molar refractivity (Wildman–Crippen MR) is 106 cm³/mol. The third kappa shape index (κ3) is 3.69. The molecular formula is C21H23N3O3. The Kier molecular flexibility index (Phi) is 4.74. The number of nitrogens with zero attached hydrogens (tertiary/aromatic N) is 3. The van der Waals surface area contributed by atoms with Gasteiger partial charge in [0, 0.05) is 36.8 Å². The number of rotatable bonds is 3. The zero-order valence-electron chi connectivity index (χ0n) is 15.9. The molecule has 6 nitrogen and oxygen atoms in total. The summed E-state index contributed by atoms with van der Waals surface area (Å²) in [5.74, 6) is 0. The van der Waals surface area contributed by atoms with Gasteiger partial charge < -0.3 is 5.11 Å². The first kappa shape index (κ1) is 18.6. The van der Waals surface area contributed by atoms with Crippen molar-refractivity contribution in [3.63, 3.8) is 0 Å². The lowest BCUT2D eigenvalue weighted by atomic mass is 10.0. The molecule has 1 amide bonds. The van der Waals surface area contributed by atoms with E-state index in [2.05, 4.69) is 4.98 Å². The number of pyridine rings is 2. The van der Waals surface area contributed by atoms with Gasteiger partial charge in [-0.3, -0.25) is 14.3 Å². The summed E-state index contributed by atoms with van der Waals surface area (Å²) in [5, 5.41) is 10.4. The summed E-state index contributed by atoms with van der Waals surface area (Å²) in [5.41, 5.74) is 2.95. The maximum Gasteiger partial charge on any atom is 0.408 e. The minimum absolute atomic E-state index is 0.0987. The molecule has 0 aliphatic rings. The Hall–Kier alpha value is -3.15. The largest absolute Gasteiger partial charge is 0.465 e. The molecule has 2 aromatic heterocycles. The topological polar surface area (TPSA) is 75.4 Å². The van der Waals surface area contributed by atoms with Crippen LogP contribution in [0.1, 0.15) is 26.3 Å². The lowest BCUT2D eigenvalue weighted by molar-refractivity contribution is 0.0955. The van der Waals surface area contributed by atoms with Crippen LogP contribution in [0.25, 0.3) is 22.2 Å². The van der Waals surface area contributed by atoms with E-state index in [9.17, 15) is 14.7 Å². The highest BCUT2D eigenvalue weighted by molar-refractivity contribution is 5.92. The summed E-state index contributed by atoms with van der Waals surface area (Å²) in [6, 6.07) is 13.1. The van der Waals surface area contributed by atoms with Gasteiger partial charge in [-0.05, 0) is 49.6 Å². The van der Waals surface area contributed by atoms with Crippen molar-refractivity contribution in [3.05, 3.63) is 64.6 Å². The smallest absolute Gasteiger partial charge is 0.408 e. The van der Waals surface area contributed by atoms with E-state index in [0.29, 0.717) is 12.2 Å². The summed E-state index contributed by atoms with van der Waals surface area (Å²) >= 11 is 0. The number of carbonyl (C=O) groups is 1. The lowest BCUT2D eigenvalue weighted by Crippen LogP contribution is -2.44. The van der Waals surface area contributed by atoms with Crippen LogP contribution in [0.2, 0.25) is 0 Å². The quantitative estimate of drug-likeness (QED) is 0.764. The van der Waals surface area contributed by atoms with E-state index in [1.54, 1.807) is 19.3 Å². The summed E-state index contributed by atoms with van der Waals surface area (Å²) < 4.78 is 1.53. The molecule has 0 radical (unpaired) electrons. The predicted octanol–water partition coefficient (Wildman–Crippen LogP) is 3.88. The van der Waals surface area contributed by atoms with Gasteiger partial charge >= 0.3 is 6.09 Å². The standard InChI is InChI=1S/C21H23N3O3/c1-21(2,3)24(20(26)27)13-14-5-7-15(8-6-14)16-11-12-22-19-17(16)9-10-18(25)23(19)4/h5-12H,13H2,1-4H3,(H,26,27). The van der Waals surface area contributed by atoms with Gasteiger partial charge in [0.15, 0.2) is 0 Å². The van der Waals surface area contributed by atoms with Gasteiger partial charge in [-0.15, -0.1) is 0 Å². The third-order valence-corrected chi connectivity index (χ3v) is 4.66. The maximum atomic E-state index is 11.8. The molecular weight excluding hydrogens is 342 g/mol. The second-order valence-electron chi connectivity index (χ2n) is 7.56. The van der Waals surface area contributed by atoms with Gasteiger partial charge in [-0.1, -0.05) is 24.3 Å². The number of hydrogen-bond donors (Lipinski definition) is 1. The molecule has 0 unspecified atom stereocenters. The van der Waals surface area contributed by atoms with E-state index in [1.807, 2.05) is 51.1 Å². The van der Waals surface area contributed by atoms with Gasteiger partial charge in [-0.25, -0.2) is 9.78 Å². The fourth-order valence-electron chi connectivity index (χ4n) is 3.08. The second kappa shape index (κ2) is 6.87. The first-order valence-electron chi connectivity index (χ1n) is 8.73. The van der Waals surface area contributed by atoms with E-state index < -0.39 is 11.6 Å². The van der Waals surface area contributed by atoms with Crippen LogP contribution >= 0.6 is 0 Å². The van der Waals surface area contributed by atoms with Crippen molar-refractivity contribution in [3.8, 4) is 11.1 Å². The summed E-state index contributed by atoms with van der Waals surface area (Å²) in [6.07, 6.45) is 0.754. The van der Waals surface area contributed by atoms with E-state index >= 15 is 0 Å². The highest BCUT2D eigenvalue weighted by atomic mass is 16.4. The summed E-state index contributed by atoms with van der Waals surface area (Å²) in [6.45, 7) is 5.96. The molecule has 0 fully saturated rings. The fraction of sp³-hybridized carbons (Fsp3) is 0.286. The van der Waals surface area contributed by atoms with Crippen LogP contribution in [-0.4, -0.2) is 31.2 Å². The summed E-state index contributed by atoms with van der Waals surface area (Å²) in [7, 11) is 1.71. The highest BCUT2D eigenvalue weighted by Gasteiger charge is 2.26. The molecule has 6 heteroatoms. The van der Waals surface area contributed by atoms with Crippen LogP contribution in [0, 0.1) is 0 Å². The molecule has 0 saturated carbocycles. The lowest BCUT2D eigenvalue weighted by Gasteiger charge is -2.33. The number of fused-ring (bicyclic) bond motifs is 1. The van der Waals surface area contributed by atoms with Crippen LogP contribution < -0.4 is 5.56 Å². The van der Waals surface area contributed by atoms with Crippen molar-refractivity contribution >= 4 is 17.1 Å². The number of carboxylic acid groups (broad SMARTS) is 1. The molecule has 27 heavy (non-hydrogen) atoms. The van der Waals surface area contributed by atoms with E-state index in [0.717, 1.165) is 22.1 Å². The third-order valence-electron chi connectivity index (χ3n) is 4.66. The van der Waals surface area contributed by atoms with Crippen molar-refractivity contribution in [2.24, 2.45) is 7.05 Å². The van der Waals surface area contributed by atoms with Crippen LogP contribution in [0.4, 0.5) is 4.79 Å².